The Morgan fingerprint density at radius 1 is 1.33 bits per heavy atom. The van der Waals surface area contributed by atoms with Gasteiger partial charge in [-0.1, -0.05) is 26.8 Å². The second-order valence-electron chi connectivity index (χ2n) is 5.17. The highest BCUT2D eigenvalue weighted by Crippen LogP contribution is 2.20. The monoisotopic (exact) mass is 252 g/mol. The van der Waals surface area contributed by atoms with E-state index in [2.05, 4.69) is 19.2 Å². The van der Waals surface area contributed by atoms with E-state index in [1.807, 2.05) is 31.0 Å². The van der Waals surface area contributed by atoms with Crippen molar-refractivity contribution in [1.82, 2.24) is 5.32 Å². The van der Waals surface area contributed by atoms with Gasteiger partial charge in [-0.25, -0.2) is 4.39 Å². The summed E-state index contributed by atoms with van der Waals surface area (Å²) in [5.74, 6) is 0.514. The minimum atomic E-state index is -0.128. The number of anilines is 1. The maximum absolute atomic E-state index is 14.0. The average Bonchev–Trinajstić information content (AvgIpc) is 2.33. The lowest BCUT2D eigenvalue weighted by Gasteiger charge is -2.21. The molecule has 18 heavy (non-hydrogen) atoms. The van der Waals surface area contributed by atoms with Crippen LogP contribution in [-0.4, -0.2) is 20.1 Å². The van der Waals surface area contributed by atoms with Crippen molar-refractivity contribution in [2.45, 2.75) is 33.7 Å². The summed E-state index contributed by atoms with van der Waals surface area (Å²) in [7, 11) is 1.95. The Hall–Kier alpha value is -1.09. The van der Waals surface area contributed by atoms with Crippen LogP contribution in [0.4, 0.5) is 10.1 Å². The molecule has 0 fully saturated rings. The summed E-state index contributed by atoms with van der Waals surface area (Å²) in [6.45, 7) is 8.93. The topological polar surface area (TPSA) is 15.3 Å². The summed E-state index contributed by atoms with van der Waals surface area (Å²) >= 11 is 0. The third-order valence-electron chi connectivity index (χ3n) is 3.04. The highest BCUT2D eigenvalue weighted by atomic mass is 19.1. The Bertz CT molecular complexity index is 364. The van der Waals surface area contributed by atoms with Crippen LogP contribution in [0.1, 0.15) is 32.8 Å². The molecular weight excluding hydrogens is 227 g/mol. The SMILES string of the molecule is CCNCc1ccc(N(C)CCC(C)C)c(F)c1. The Morgan fingerprint density at radius 3 is 2.61 bits per heavy atom. The van der Waals surface area contributed by atoms with E-state index in [4.69, 9.17) is 0 Å². The van der Waals surface area contributed by atoms with E-state index in [-0.39, 0.29) is 5.82 Å². The van der Waals surface area contributed by atoms with Gasteiger partial charge in [0.25, 0.3) is 0 Å². The molecule has 1 aromatic carbocycles. The number of nitrogens with zero attached hydrogens (tertiary/aromatic N) is 1. The van der Waals surface area contributed by atoms with Gasteiger partial charge in [-0.05, 0) is 36.6 Å². The van der Waals surface area contributed by atoms with Crippen LogP contribution in [-0.2, 0) is 6.54 Å². The van der Waals surface area contributed by atoms with Gasteiger partial charge in [0, 0.05) is 20.1 Å². The second kappa shape index (κ2) is 7.37. The van der Waals surface area contributed by atoms with E-state index in [1.54, 1.807) is 6.07 Å². The molecule has 0 aliphatic carbocycles. The fourth-order valence-corrected chi connectivity index (χ4v) is 1.81. The Balaban J connectivity index is 2.66. The van der Waals surface area contributed by atoms with Crippen molar-refractivity contribution in [3.63, 3.8) is 0 Å². The van der Waals surface area contributed by atoms with Crippen LogP contribution in [0.15, 0.2) is 18.2 Å². The predicted molar refractivity (Wildman–Crippen MR) is 76.5 cm³/mol. The highest BCUT2D eigenvalue weighted by molar-refractivity contribution is 5.48. The molecule has 2 nitrogen and oxygen atoms in total. The van der Waals surface area contributed by atoms with Crippen molar-refractivity contribution in [3.8, 4) is 0 Å². The first-order chi connectivity index (χ1) is 8.54. The van der Waals surface area contributed by atoms with Crippen molar-refractivity contribution in [2.24, 2.45) is 5.92 Å². The average molecular weight is 252 g/mol. The molecule has 0 saturated carbocycles. The van der Waals surface area contributed by atoms with Crippen LogP contribution < -0.4 is 10.2 Å². The van der Waals surface area contributed by atoms with E-state index in [9.17, 15) is 4.39 Å². The standard InChI is InChI=1S/C15H25FN2/c1-5-17-11-13-6-7-15(14(16)10-13)18(4)9-8-12(2)3/h6-7,10,12,17H,5,8-9,11H2,1-4H3. The number of hydrogen-bond acceptors (Lipinski definition) is 2. The molecule has 0 aliphatic rings. The molecule has 0 amide bonds. The molecule has 102 valence electrons. The Kier molecular flexibility index (Phi) is 6.13. The van der Waals surface area contributed by atoms with Crippen molar-refractivity contribution in [2.75, 3.05) is 25.0 Å². The third-order valence-corrected chi connectivity index (χ3v) is 3.04. The van der Waals surface area contributed by atoms with Crippen LogP contribution in [0, 0.1) is 11.7 Å². The van der Waals surface area contributed by atoms with Gasteiger partial charge in [0.05, 0.1) is 5.69 Å². The van der Waals surface area contributed by atoms with E-state index in [0.717, 1.165) is 31.6 Å². The zero-order valence-corrected chi connectivity index (χ0v) is 12.0. The molecule has 0 bridgehead atoms. The van der Waals surface area contributed by atoms with Crippen molar-refractivity contribution >= 4 is 5.69 Å². The first-order valence-electron chi connectivity index (χ1n) is 6.74. The number of hydrogen-bond donors (Lipinski definition) is 1. The van der Waals surface area contributed by atoms with Crippen LogP contribution in [0.5, 0.6) is 0 Å². The first-order valence-corrected chi connectivity index (χ1v) is 6.74. The minimum Gasteiger partial charge on any atom is -0.372 e. The Morgan fingerprint density at radius 2 is 2.06 bits per heavy atom. The largest absolute Gasteiger partial charge is 0.372 e. The molecule has 0 saturated heterocycles. The van der Waals surface area contributed by atoms with Gasteiger partial charge in [0.15, 0.2) is 0 Å². The van der Waals surface area contributed by atoms with Crippen LogP contribution in [0.25, 0.3) is 0 Å². The van der Waals surface area contributed by atoms with Gasteiger partial charge in [-0.2, -0.15) is 0 Å². The molecule has 0 spiro atoms. The van der Waals surface area contributed by atoms with Gasteiger partial charge in [0.2, 0.25) is 0 Å². The molecular formula is C15H25FN2. The van der Waals surface area contributed by atoms with E-state index in [0.29, 0.717) is 11.6 Å². The molecule has 1 aromatic rings. The van der Waals surface area contributed by atoms with Gasteiger partial charge < -0.3 is 10.2 Å². The summed E-state index contributed by atoms with van der Waals surface area (Å²) in [6.07, 6.45) is 1.08. The molecule has 0 aromatic heterocycles. The number of benzene rings is 1. The van der Waals surface area contributed by atoms with Gasteiger partial charge in [-0.15, -0.1) is 0 Å². The molecule has 3 heteroatoms. The van der Waals surface area contributed by atoms with Crippen LogP contribution in [0.2, 0.25) is 0 Å². The lowest BCUT2D eigenvalue weighted by molar-refractivity contribution is 0.573. The summed E-state index contributed by atoms with van der Waals surface area (Å²) in [5.41, 5.74) is 1.69. The summed E-state index contributed by atoms with van der Waals surface area (Å²) in [5, 5.41) is 3.20. The maximum atomic E-state index is 14.0. The molecule has 0 aliphatic heterocycles. The summed E-state index contributed by atoms with van der Waals surface area (Å²) < 4.78 is 14.0. The van der Waals surface area contributed by atoms with Crippen LogP contribution in [0.3, 0.4) is 0 Å². The third kappa shape index (κ3) is 4.65. The normalized spacial score (nSPS) is 11.0. The fourth-order valence-electron chi connectivity index (χ4n) is 1.81. The van der Waals surface area contributed by atoms with E-state index < -0.39 is 0 Å². The van der Waals surface area contributed by atoms with E-state index >= 15 is 0 Å². The number of halogens is 1. The maximum Gasteiger partial charge on any atom is 0.146 e. The van der Waals surface area contributed by atoms with Crippen molar-refractivity contribution in [1.29, 1.82) is 0 Å². The second-order valence-corrected chi connectivity index (χ2v) is 5.17. The lowest BCUT2D eigenvalue weighted by atomic mass is 10.1. The van der Waals surface area contributed by atoms with Gasteiger partial charge >= 0.3 is 0 Å². The first kappa shape index (κ1) is 15.0. The predicted octanol–water partition coefficient (Wildman–Crippen LogP) is 3.42. The molecule has 0 atom stereocenters. The van der Waals surface area contributed by atoms with Crippen molar-refractivity contribution in [3.05, 3.63) is 29.6 Å². The van der Waals surface area contributed by atoms with Crippen LogP contribution >= 0.6 is 0 Å². The zero-order valence-electron chi connectivity index (χ0n) is 12.0. The molecule has 0 heterocycles. The number of nitrogens with one attached hydrogen (secondary N) is 1. The molecule has 1 rings (SSSR count). The molecule has 1 N–H and O–H groups in total. The zero-order chi connectivity index (χ0) is 13.5. The highest BCUT2D eigenvalue weighted by Gasteiger charge is 2.08. The quantitative estimate of drug-likeness (QED) is 0.800. The minimum absolute atomic E-state index is 0.128. The lowest BCUT2D eigenvalue weighted by Crippen LogP contribution is -2.21. The summed E-state index contributed by atoms with van der Waals surface area (Å²) in [4.78, 5) is 1.99. The van der Waals surface area contributed by atoms with Crippen molar-refractivity contribution < 1.29 is 4.39 Å². The van der Waals surface area contributed by atoms with Gasteiger partial charge in [-0.3, -0.25) is 0 Å². The molecule has 0 radical (unpaired) electrons. The fraction of sp³-hybridized carbons (Fsp3) is 0.600. The smallest absolute Gasteiger partial charge is 0.146 e. The van der Waals surface area contributed by atoms with Gasteiger partial charge in [0.1, 0.15) is 5.82 Å². The summed E-state index contributed by atoms with van der Waals surface area (Å²) in [6, 6.07) is 5.50. The number of rotatable bonds is 7. The Labute approximate surface area is 110 Å². The van der Waals surface area contributed by atoms with E-state index in [1.165, 1.54) is 0 Å². The molecule has 0 unspecified atom stereocenters.